The summed E-state index contributed by atoms with van der Waals surface area (Å²) >= 11 is 0. The van der Waals surface area contributed by atoms with E-state index in [1.165, 1.54) is 63.4 Å². The molecule has 15 heavy (non-hydrogen) atoms. The summed E-state index contributed by atoms with van der Waals surface area (Å²) in [4.78, 5) is 0. The summed E-state index contributed by atoms with van der Waals surface area (Å²) in [6, 6.07) is 0. The average Bonchev–Trinajstić information content (AvgIpc) is 2.85. The van der Waals surface area contributed by atoms with Crippen LogP contribution in [0.1, 0.15) is 64.7 Å². The molecule has 0 N–H and O–H groups in total. The molecule has 2 aliphatic carbocycles. The van der Waals surface area contributed by atoms with Crippen molar-refractivity contribution in [2.24, 2.45) is 0 Å². The van der Waals surface area contributed by atoms with E-state index in [2.05, 4.69) is 13.0 Å². The Morgan fingerprint density at radius 1 is 1.00 bits per heavy atom. The van der Waals surface area contributed by atoms with Gasteiger partial charge in [-0.2, -0.15) is 0 Å². The summed E-state index contributed by atoms with van der Waals surface area (Å²) in [5.41, 5.74) is 1.95. The minimum Gasteiger partial charge on any atom is -0.364 e. The Bertz CT molecular complexity index is 278. The van der Waals surface area contributed by atoms with Crippen LogP contribution in [-0.2, 0) is 4.74 Å². The lowest BCUT2D eigenvalue weighted by molar-refractivity contribution is -0.141. The lowest BCUT2D eigenvalue weighted by Crippen LogP contribution is -2.45. The Kier molecular flexibility index (Phi) is 2.21. The van der Waals surface area contributed by atoms with Crippen LogP contribution in [-0.4, -0.2) is 11.2 Å². The monoisotopic (exact) mass is 206 g/mol. The predicted molar refractivity (Wildman–Crippen MR) is 61.9 cm³/mol. The zero-order valence-electron chi connectivity index (χ0n) is 9.85. The van der Waals surface area contributed by atoms with Crippen molar-refractivity contribution < 1.29 is 4.74 Å². The zero-order chi connectivity index (χ0) is 10.4. The van der Waals surface area contributed by atoms with Gasteiger partial charge >= 0.3 is 0 Å². The number of ether oxygens (including phenoxy) is 1. The maximum absolute atomic E-state index is 6.63. The van der Waals surface area contributed by atoms with E-state index in [4.69, 9.17) is 4.74 Å². The Morgan fingerprint density at radius 3 is 2.27 bits per heavy atom. The molecule has 1 aliphatic heterocycles. The van der Waals surface area contributed by atoms with Gasteiger partial charge in [0, 0.05) is 0 Å². The molecule has 1 nitrogen and oxygen atoms in total. The molecule has 0 aromatic heterocycles. The van der Waals surface area contributed by atoms with Gasteiger partial charge in [-0.1, -0.05) is 31.8 Å². The molecule has 2 fully saturated rings. The zero-order valence-corrected chi connectivity index (χ0v) is 9.85. The molecule has 3 aliphatic rings. The van der Waals surface area contributed by atoms with Gasteiger partial charge < -0.3 is 4.74 Å². The van der Waals surface area contributed by atoms with E-state index in [9.17, 15) is 0 Å². The third-order valence-corrected chi connectivity index (χ3v) is 4.84. The molecule has 0 amide bonds. The second-order valence-corrected chi connectivity index (χ2v) is 5.78. The van der Waals surface area contributed by atoms with Crippen molar-refractivity contribution in [2.45, 2.75) is 75.9 Å². The lowest BCUT2D eigenvalue weighted by Gasteiger charge is -2.45. The van der Waals surface area contributed by atoms with E-state index < -0.39 is 0 Å². The number of hydrogen-bond acceptors (Lipinski definition) is 1. The fourth-order valence-electron chi connectivity index (χ4n) is 3.83. The van der Waals surface area contributed by atoms with Crippen molar-refractivity contribution in [1.29, 1.82) is 0 Å². The quantitative estimate of drug-likeness (QED) is 0.545. The highest BCUT2D eigenvalue weighted by Gasteiger charge is 2.48. The molecular formula is C14H22O. The molecule has 1 heterocycles. The molecule has 84 valence electrons. The molecule has 1 heteroatoms. The molecule has 2 saturated carbocycles. The summed E-state index contributed by atoms with van der Waals surface area (Å²) in [6.07, 6.45) is 14.3. The van der Waals surface area contributed by atoms with Crippen LogP contribution in [0.3, 0.4) is 0 Å². The first-order chi connectivity index (χ1) is 7.25. The average molecular weight is 206 g/mol. The van der Waals surface area contributed by atoms with Crippen molar-refractivity contribution in [3.8, 4) is 0 Å². The van der Waals surface area contributed by atoms with E-state index in [1.54, 1.807) is 0 Å². The van der Waals surface area contributed by atoms with Crippen LogP contribution in [0.2, 0.25) is 0 Å². The van der Waals surface area contributed by atoms with Gasteiger partial charge in [-0.15, -0.1) is 0 Å². The Morgan fingerprint density at radius 2 is 1.60 bits per heavy atom. The molecule has 0 aromatic rings. The first kappa shape index (κ1) is 9.89. The maximum Gasteiger partial charge on any atom is 0.0896 e. The highest BCUT2D eigenvalue weighted by atomic mass is 16.5. The summed E-state index contributed by atoms with van der Waals surface area (Å²) in [6.45, 7) is 2.28. The van der Waals surface area contributed by atoms with Crippen molar-refractivity contribution in [3.63, 3.8) is 0 Å². The van der Waals surface area contributed by atoms with Gasteiger partial charge in [-0.3, -0.25) is 0 Å². The van der Waals surface area contributed by atoms with Crippen LogP contribution in [0.15, 0.2) is 11.6 Å². The SMILES string of the molecule is CC1=CCC2(CCCC2)OC12CCCC2. The Balaban J connectivity index is 1.89. The van der Waals surface area contributed by atoms with Gasteiger partial charge in [-0.25, -0.2) is 0 Å². The van der Waals surface area contributed by atoms with E-state index in [0.717, 1.165) is 0 Å². The standard InChI is InChI=1S/C14H22O/c1-12-6-11-13(7-2-3-8-13)15-14(12)9-4-5-10-14/h6H,2-5,7-11H2,1H3. The van der Waals surface area contributed by atoms with E-state index in [-0.39, 0.29) is 11.2 Å². The van der Waals surface area contributed by atoms with Gasteiger partial charge in [0.15, 0.2) is 0 Å². The second-order valence-electron chi connectivity index (χ2n) is 5.78. The summed E-state index contributed by atoms with van der Waals surface area (Å²) < 4.78 is 6.63. The van der Waals surface area contributed by atoms with Gasteiger partial charge in [0.05, 0.1) is 11.2 Å². The highest BCUT2D eigenvalue weighted by Crippen LogP contribution is 2.50. The molecule has 0 aromatic carbocycles. The number of hydrogen-bond donors (Lipinski definition) is 0. The Labute approximate surface area is 92.9 Å². The lowest BCUT2D eigenvalue weighted by atomic mass is 9.83. The van der Waals surface area contributed by atoms with Crippen LogP contribution in [0, 0.1) is 0 Å². The maximum atomic E-state index is 6.63. The molecule has 3 rings (SSSR count). The molecule has 0 atom stereocenters. The minimum atomic E-state index is 0.169. The summed E-state index contributed by atoms with van der Waals surface area (Å²) in [5, 5.41) is 0. The molecule has 0 bridgehead atoms. The normalized spacial score (nSPS) is 32.5. The summed E-state index contributed by atoms with van der Waals surface area (Å²) in [7, 11) is 0. The van der Waals surface area contributed by atoms with E-state index >= 15 is 0 Å². The van der Waals surface area contributed by atoms with Crippen molar-refractivity contribution in [2.75, 3.05) is 0 Å². The van der Waals surface area contributed by atoms with Gasteiger partial charge in [-0.05, 0) is 44.6 Å². The van der Waals surface area contributed by atoms with Gasteiger partial charge in [0.25, 0.3) is 0 Å². The largest absolute Gasteiger partial charge is 0.364 e. The summed E-state index contributed by atoms with van der Waals surface area (Å²) in [5.74, 6) is 0. The Hall–Kier alpha value is -0.300. The molecule has 0 unspecified atom stereocenters. The molecule has 0 radical (unpaired) electrons. The number of rotatable bonds is 0. The van der Waals surface area contributed by atoms with E-state index in [1.807, 2.05) is 0 Å². The van der Waals surface area contributed by atoms with Crippen LogP contribution in [0.4, 0.5) is 0 Å². The fraction of sp³-hybridized carbons (Fsp3) is 0.857. The third-order valence-electron chi connectivity index (χ3n) is 4.84. The topological polar surface area (TPSA) is 9.23 Å². The van der Waals surface area contributed by atoms with Gasteiger partial charge in [0.2, 0.25) is 0 Å². The first-order valence-electron chi connectivity index (χ1n) is 6.62. The van der Waals surface area contributed by atoms with Crippen molar-refractivity contribution >= 4 is 0 Å². The molecule has 2 spiro atoms. The van der Waals surface area contributed by atoms with Gasteiger partial charge in [0.1, 0.15) is 0 Å². The van der Waals surface area contributed by atoms with Crippen LogP contribution < -0.4 is 0 Å². The second kappa shape index (κ2) is 3.35. The van der Waals surface area contributed by atoms with Crippen molar-refractivity contribution in [3.05, 3.63) is 11.6 Å². The van der Waals surface area contributed by atoms with Crippen LogP contribution >= 0.6 is 0 Å². The smallest absolute Gasteiger partial charge is 0.0896 e. The van der Waals surface area contributed by atoms with Crippen LogP contribution in [0.25, 0.3) is 0 Å². The van der Waals surface area contributed by atoms with Crippen LogP contribution in [0.5, 0.6) is 0 Å². The molecular weight excluding hydrogens is 184 g/mol. The predicted octanol–water partition coefficient (Wildman–Crippen LogP) is 3.98. The van der Waals surface area contributed by atoms with E-state index in [0.29, 0.717) is 0 Å². The fourth-order valence-corrected chi connectivity index (χ4v) is 3.83. The molecule has 0 saturated heterocycles. The third kappa shape index (κ3) is 1.47. The highest BCUT2D eigenvalue weighted by molar-refractivity contribution is 5.22. The first-order valence-corrected chi connectivity index (χ1v) is 6.62. The minimum absolute atomic E-state index is 0.169. The van der Waals surface area contributed by atoms with Crippen molar-refractivity contribution in [1.82, 2.24) is 0 Å².